The fraction of sp³-hybridized carbons (Fsp3) is 0.125. The molecule has 1 aromatic heterocycles. The summed E-state index contributed by atoms with van der Waals surface area (Å²) in [5, 5.41) is 5.63. The third-order valence-corrected chi connectivity index (χ3v) is 3.40. The fourth-order valence-corrected chi connectivity index (χ4v) is 2.45. The number of primary amides is 1. The highest BCUT2D eigenvalue weighted by Crippen LogP contribution is 2.33. The van der Waals surface area contributed by atoms with Gasteiger partial charge in [-0.1, -0.05) is 24.3 Å². The van der Waals surface area contributed by atoms with E-state index in [1.165, 1.54) is 16.8 Å². The summed E-state index contributed by atoms with van der Waals surface area (Å²) in [5.41, 5.74) is 6.41. The Bertz CT molecular complexity index is 842. The average molecular weight is 301 g/mol. The summed E-state index contributed by atoms with van der Waals surface area (Å²) in [5.74, 6) is -0.513. The van der Waals surface area contributed by atoms with Crippen LogP contribution in [0.1, 0.15) is 12.0 Å². The van der Waals surface area contributed by atoms with E-state index in [1.54, 1.807) is 24.5 Å². The van der Waals surface area contributed by atoms with Gasteiger partial charge in [0, 0.05) is 17.3 Å². The Morgan fingerprint density at radius 2 is 2.05 bits per heavy atom. The minimum absolute atomic E-state index is 0.0450. The van der Waals surface area contributed by atoms with Crippen molar-refractivity contribution in [2.75, 3.05) is 0 Å². The molecular weight excluding hydrogens is 288 g/mol. The average Bonchev–Trinajstić information content (AvgIpc) is 2.93. The number of benzene rings is 2. The van der Waals surface area contributed by atoms with Crippen LogP contribution in [0.3, 0.4) is 0 Å². The third kappa shape index (κ3) is 2.67. The van der Waals surface area contributed by atoms with Crippen molar-refractivity contribution < 1.29 is 13.6 Å². The van der Waals surface area contributed by atoms with Gasteiger partial charge in [0.1, 0.15) is 6.54 Å². The first-order valence-electron chi connectivity index (χ1n) is 6.66. The fourth-order valence-electron chi connectivity index (χ4n) is 2.45. The number of hydrogen-bond donors (Lipinski definition) is 1. The molecule has 0 fully saturated rings. The van der Waals surface area contributed by atoms with E-state index in [-0.39, 0.29) is 12.1 Å². The first kappa shape index (κ1) is 14.2. The predicted octanol–water partition coefficient (Wildman–Crippen LogP) is 3.13. The Balaban J connectivity index is 2.16. The molecule has 2 aromatic carbocycles. The zero-order valence-corrected chi connectivity index (χ0v) is 11.5. The lowest BCUT2D eigenvalue weighted by atomic mass is 9.97. The number of fused-ring (bicyclic) bond motifs is 1. The van der Waals surface area contributed by atoms with Crippen LogP contribution in [0.4, 0.5) is 8.78 Å². The molecule has 0 spiro atoms. The molecule has 1 amide bonds. The number of alkyl halides is 2. The summed E-state index contributed by atoms with van der Waals surface area (Å²) in [6.07, 6.45) is 0.617. The highest BCUT2D eigenvalue weighted by atomic mass is 19.3. The Labute approximate surface area is 125 Å². The van der Waals surface area contributed by atoms with Crippen LogP contribution in [0.5, 0.6) is 0 Å². The summed E-state index contributed by atoms with van der Waals surface area (Å²) in [7, 11) is 0. The maximum Gasteiger partial charge on any atom is 0.263 e. The van der Waals surface area contributed by atoms with Crippen molar-refractivity contribution in [3.05, 3.63) is 54.4 Å². The smallest absolute Gasteiger partial charge is 0.263 e. The summed E-state index contributed by atoms with van der Waals surface area (Å²) in [6, 6.07) is 10.2. The van der Waals surface area contributed by atoms with Crippen molar-refractivity contribution in [2.45, 2.75) is 13.0 Å². The molecule has 4 nitrogen and oxygen atoms in total. The number of halogens is 2. The van der Waals surface area contributed by atoms with Gasteiger partial charge in [-0.3, -0.25) is 9.48 Å². The van der Waals surface area contributed by atoms with Gasteiger partial charge >= 0.3 is 0 Å². The van der Waals surface area contributed by atoms with E-state index in [4.69, 9.17) is 5.73 Å². The number of nitrogens with zero attached hydrogens (tertiary/aromatic N) is 2. The molecule has 0 saturated carbocycles. The molecule has 0 radical (unpaired) electrons. The molecule has 0 atom stereocenters. The van der Waals surface area contributed by atoms with E-state index in [9.17, 15) is 13.6 Å². The molecule has 0 unspecified atom stereocenters. The molecular formula is C16H13F2N3O. The molecule has 0 saturated heterocycles. The molecule has 112 valence electrons. The zero-order valence-electron chi connectivity index (χ0n) is 11.5. The lowest BCUT2D eigenvalue weighted by molar-refractivity contribution is -0.118. The Morgan fingerprint density at radius 3 is 2.77 bits per heavy atom. The van der Waals surface area contributed by atoms with Gasteiger partial charge in [-0.2, -0.15) is 5.10 Å². The molecule has 0 aliphatic heterocycles. The van der Waals surface area contributed by atoms with E-state index >= 15 is 0 Å². The summed E-state index contributed by atoms with van der Waals surface area (Å²) < 4.78 is 27.6. The van der Waals surface area contributed by atoms with E-state index < -0.39 is 12.3 Å². The number of aromatic nitrogens is 2. The van der Waals surface area contributed by atoms with Crippen molar-refractivity contribution in [1.29, 1.82) is 0 Å². The molecule has 3 aromatic rings. The van der Waals surface area contributed by atoms with Gasteiger partial charge in [0.05, 0.1) is 6.20 Å². The monoisotopic (exact) mass is 301 g/mol. The van der Waals surface area contributed by atoms with Gasteiger partial charge in [0.2, 0.25) is 5.91 Å². The van der Waals surface area contributed by atoms with Crippen LogP contribution < -0.4 is 5.73 Å². The maximum absolute atomic E-state index is 13.1. The number of rotatable bonds is 4. The van der Waals surface area contributed by atoms with Gasteiger partial charge in [0.15, 0.2) is 0 Å². The van der Waals surface area contributed by atoms with Crippen LogP contribution in [-0.4, -0.2) is 15.7 Å². The van der Waals surface area contributed by atoms with Crippen LogP contribution in [0.2, 0.25) is 0 Å². The molecule has 22 heavy (non-hydrogen) atoms. The molecule has 6 heteroatoms. The van der Waals surface area contributed by atoms with Crippen molar-refractivity contribution in [3.8, 4) is 11.1 Å². The number of carbonyl (C=O) groups excluding carboxylic acids is 1. The summed E-state index contributed by atoms with van der Waals surface area (Å²) >= 11 is 0. The molecule has 0 bridgehead atoms. The lowest BCUT2D eigenvalue weighted by Crippen LogP contribution is -2.18. The van der Waals surface area contributed by atoms with Gasteiger partial charge < -0.3 is 5.73 Å². The second-order valence-electron chi connectivity index (χ2n) is 4.98. The minimum atomic E-state index is -2.55. The van der Waals surface area contributed by atoms with E-state index in [2.05, 4.69) is 5.10 Å². The first-order valence-corrected chi connectivity index (χ1v) is 6.66. The van der Waals surface area contributed by atoms with E-state index in [0.29, 0.717) is 11.1 Å². The molecule has 1 heterocycles. The van der Waals surface area contributed by atoms with Gasteiger partial charge in [-0.15, -0.1) is 0 Å². The van der Waals surface area contributed by atoms with Crippen LogP contribution in [-0.2, 0) is 11.3 Å². The number of carbonyl (C=O) groups is 1. The molecule has 3 rings (SSSR count). The molecule has 2 N–H and O–H groups in total. The Hall–Kier alpha value is -2.76. The van der Waals surface area contributed by atoms with Gasteiger partial charge in [-0.25, -0.2) is 8.78 Å². The van der Waals surface area contributed by atoms with Crippen molar-refractivity contribution in [1.82, 2.24) is 9.78 Å². The van der Waals surface area contributed by atoms with Crippen molar-refractivity contribution in [2.24, 2.45) is 5.73 Å². The quantitative estimate of drug-likeness (QED) is 0.804. The SMILES string of the molecule is NC(=O)Cn1cc(-c2cc(C(F)F)cc3ccccc23)cn1. The Kier molecular flexibility index (Phi) is 3.58. The largest absolute Gasteiger partial charge is 0.368 e. The van der Waals surface area contributed by atoms with Crippen molar-refractivity contribution in [3.63, 3.8) is 0 Å². The van der Waals surface area contributed by atoms with Crippen LogP contribution in [0.15, 0.2) is 48.8 Å². The van der Waals surface area contributed by atoms with E-state index in [1.807, 2.05) is 12.1 Å². The normalized spacial score (nSPS) is 11.2. The molecule has 0 aliphatic carbocycles. The Morgan fingerprint density at radius 1 is 1.27 bits per heavy atom. The highest BCUT2D eigenvalue weighted by molar-refractivity contribution is 5.97. The molecule has 0 aliphatic rings. The predicted molar refractivity (Wildman–Crippen MR) is 79.3 cm³/mol. The number of nitrogens with two attached hydrogens (primary N) is 1. The summed E-state index contributed by atoms with van der Waals surface area (Å²) in [6.45, 7) is -0.0491. The van der Waals surface area contributed by atoms with Gasteiger partial charge in [0.25, 0.3) is 6.43 Å². The highest BCUT2D eigenvalue weighted by Gasteiger charge is 2.13. The maximum atomic E-state index is 13.1. The second kappa shape index (κ2) is 5.55. The standard InChI is InChI=1S/C16H13F2N3O/c17-16(18)11-5-10-3-1-2-4-13(10)14(6-11)12-7-20-21(8-12)9-15(19)22/h1-8,16H,9H2,(H2,19,22). The van der Waals surface area contributed by atoms with Crippen LogP contribution in [0, 0.1) is 0 Å². The second-order valence-corrected chi connectivity index (χ2v) is 4.98. The first-order chi connectivity index (χ1) is 10.5. The van der Waals surface area contributed by atoms with Crippen molar-refractivity contribution >= 4 is 16.7 Å². The van der Waals surface area contributed by atoms with Gasteiger partial charge in [-0.05, 0) is 28.5 Å². The lowest BCUT2D eigenvalue weighted by Gasteiger charge is -2.08. The zero-order chi connectivity index (χ0) is 15.7. The van der Waals surface area contributed by atoms with Crippen LogP contribution >= 0.6 is 0 Å². The van der Waals surface area contributed by atoms with E-state index in [0.717, 1.165) is 10.8 Å². The minimum Gasteiger partial charge on any atom is -0.368 e. The number of amides is 1. The number of hydrogen-bond acceptors (Lipinski definition) is 2. The van der Waals surface area contributed by atoms with Crippen LogP contribution in [0.25, 0.3) is 21.9 Å². The topological polar surface area (TPSA) is 60.9 Å². The summed E-state index contributed by atoms with van der Waals surface area (Å²) in [4.78, 5) is 10.9. The third-order valence-electron chi connectivity index (χ3n) is 3.40.